The number of pyridine rings is 1. The summed E-state index contributed by atoms with van der Waals surface area (Å²) in [6.07, 6.45) is 6.08. The lowest BCUT2D eigenvalue weighted by molar-refractivity contribution is 0.775. The van der Waals surface area contributed by atoms with E-state index >= 15 is 0 Å². The number of aryl methyl sites for hydroxylation is 1. The van der Waals surface area contributed by atoms with Gasteiger partial charge in [0.25, 0.3) is 0 Å². The second-order valence-corrected chi connectivity index (χ2v) is 5.49. The number of imidazole rings is 1. The molecule has 2 N–H and O–H groups in total. The van der Waals surface area contributed by atoms with Crippen molar-refractivity contribution >= 4 is 16.7 Å². The average molecular weight is 264 g/mol. The van der Waals surface area contributed by atoms with Gasteiger partial charge in [-0.1, -0.05) is 11.6 Å². The number of fused-ring (bicyclic) bond motifs is 1. The fourth-order valence-electron chi connectivity index (χ4n) is 2.71. The topological polar surface area (TPSA) is 56.7 Å². The lowest BCUT2D eigenvalue weighted by Crippen LogP contribution is -2.00. The molecule has 1 aromatic carbocycles. The van der Waals surface area contributed by atoms with Crippen molar-refractivity contribution in [2.24, 2.45) is 0 Å². The summed E-state index contributed by atoms with van der Waals surface area (Å²) in [6, 6.07) is 8.69. The van der Waals surface area contributed by atoms with Crippen LogP contribution in [0.15, 0.2) is 36.7 Å². The van der Waals surface area contributed by atoms with Crippen molar-refractivity contribution in [3.63, 3.8) is 0 Å². The molecule has 0 unspecified atom stereocenters. The van der Waals surface area contributed by atoms with E-state index in [4.69, 9.17) is 10.7 Å². The van der Waals surface area contributed by atoms with Crippen molar-refractivity contribution in [3.05, 3.63) is 42.2 Å². The minimum atomic E-state index is 0.553. The summed E-state index contributed by atoms with van der Waals surface area (Å²) in [6.45, 7) is 2.08. The molecule has 1 aliphatic rings. The monoisotopic (exact) mass is 264 g/mol. The maximum absolute atomic E-state index is 6.16. The lowest BCUT2D eigenvalue weighted by atomic mass is 10.1. The Labute approximate surface area is 117 Å². The van der Waals surface area contributed by atoms with Gasteiger partial charge in [-0.25, -0.2) is 4.98 Å². The maximum Gasteiger partial charge on any atom is 0.143 e. The fourth-order valence-corrected chi connectivity index (χ4v) is 2.71. The van der Waals surface area contributed by atoms with Crippen LogP contribution in [-0.2, 0) is 0 Å². The first kappa shape index (κ1) is 11.5. The molecule has 2 heterocycles. The van der Waals surface area contributed by atoms with Crippen LogP contribution < -0.4 is 5.73 Å². The van der Waals surface area contributed by atoms with Gasteiger partial charge in [-0.05, 0) is 38.0 Å². The van der Waals surface area contributed by atoms with E-state index in [0.29, 0.717) is 6.04 Å². The van der Waals surface area contributed by atoms with Gasteiger partial charge in [0.15, 0.2) is 0 Å². The molecule has 4 rings (SSSR count). The molecular weight excluding hydrogens is 248 g/mol. The van der Waals surface area contributed by atoms with E-state index in [9.17, 15) is 0 Å². The molecule has 0 saturated heterocycles. The van der Waals surface area contributed by atoms with Gasteiger partial charge >= 0.3 is 0 Å². The van der Waals surface area contributed by atoms with Gasteiger partial charge in [0.2, 0.25) is 0 Å². The molecule has 0 radical (unpaired) electrons. The number of rotatable bonds is 2. The van der Waals surface area contributed by atoms with E-state index in [-0.39, 0.29) is 0 Å². The Morgan fingerprint density at radius 2 is 2.10 bits per heavy atom. The van der Waals surface area contributed by atoms with E-state index in [1.54, 1.807) is 0 Å². The molecule has 1 saturated carbocycles. The summed E-state index contributed by atoms with van der Waals surface area (Å²) in [5.74, 6) is 0.969. The summed E-state index contributed by atoms with van der Waals surface area (Å²) < 4.78 is 2.32. The molecule has 2 aromatic heterocycles. The Morgan fingerprint density at radius 3 is 2.90 bits per heavy atom. The van der Waals surface area contributed by atoms with Crippen LogP contribution >= 0.6 is 0 Å². The van der Waals surface area contributed by atoms with Crippen LogP contribution in [0.25, 0.3) is 22.4 Å². The van der Waals surface area contributed by atoms with E-state index in [1.165, 1.54) is 18.4 Å². The molecule has 4 heteroatoms. The summed E-state index contributed by atoms with van der Waals surface area (Å²) in [4.78, 5) is 8.94. The van der Waals surface area contributed by atoms with Crippen LogP contribution in [0.4, 0.5) is 5.69 Å². The zero-order valence-corrected chi connectivity index (χ0v) is 11.4. The molecule has 100 valence electrons. The van der Waals surface area contributed by atoms with Gasteiger partial charge < -0.3 is 10.3 Å². The Morgan fingerprint density at radius 1 is 1.25 bits per heavy atom. The molecule has 20 heavy (non-hydrogen) atoms. The van der Waals surface area contributed by atoms with Crippen molar-refractivity contribution in [1.29, 1.82) is 0 Å². The van der Waals surface area contributed by atoms with Crippen LogP contribution in [0.2, 0.25) is 0 Å². The van der Waals surface area contributed by atoms with Gasteiger partial charge in [0.1, 0.15) is 11.3 Å². The third-order valence-electron chi connectivity index (χ3n) is 3.85. The van der Waals surface area contributed by atoms with Crippen LogP contribution in [0.5, 0.6) is 0 Å². The minimum Gasteiger partial charge on any atom is -0.398 e. The van der Waals surface area contributed by atoms with Crippen molar-refractivity contribution in [3.8, 4) is 11.4 Å². The van der Waals surface area contributed by atoms with Crippen LogP contribution in [-0.4, -0.2) is 14.5 Å². The normalized spacial score (nSPS) is 14.8. The average Bonchev–Trinajstić information content (AvgIpc) is 3.21. The van der Waals surface area contributed by atoms with E-state index in [2.05, 4.69) is 22.5 Å². The number of hydrogen-bond donors (Lipinski definition) is 1. The summed E-state index contributed by atoms with van der Waals surface area (Å²) in [7, 11) is 0. The van der Waals surface area contributed by atoms with Crippen molar-refractivity contribution in [2.45, 2.75) is 25.8 Å². The first-order valence-corrected chi connectivity index (χ1v) is 6.92. The number of nitrogens with zero attached hydrogens (tertiary/aromatic N) is 3. The molecule has 3 aromatic rings. The molecule has 0 spiro atoms. The van der Waals surface area contributed by atoms with Crippen LogP contribution in [0.3, 0.4) is 0 Å². The SMILES string of the molecule is Cc1ccc(N)c(-c2nc3cnccc3n2C2CC2)c1. The maximum atomic E-state index is 6.16. The van der Waals surface area contributed by atoms with Gasteiger partial charge in [0, 0.05) is 23.5 Å². The third-order valence-corrected chi connectivity index (χ3v) is 3.85. The van der Waals surface area contributed by atoms with Gasteiger partial charge in [-0.15, -0.1) is 0 Å². The van der Waals surface area contributed by atoms with Gasteiger partial charge in [-0.2, -0.15) is 0 Å². The highest BCUT2D eigenvalue weighted by atomic mass is 15.1. The first-order valence-electron chi connectivity index (χ1n) is 6.92. The number of anilines is 1. The van der Waals surface area contributed by atoms with E-state index in [1.807, 2.05) is 30.6 Å². The summed E-state index contributed by atoms with van der Waals surface area (Å²) >= 11 is 0. The Bertz CT molecular complexity index is 799. The van der Waals surface area contributed by atoms with E-state index in [0.717, 1.165) is 28.1 Å². The quantitative estimate of drug-likeness (QED) is 0.722. The second-order valence-electron chi connectivity index (χ2n) is 5.49. The smallest absolute Gasteiger partial charge is 0.143 e. The van der Waals surface area contributed by atoms with E-state index < -0.39 is 0 Å². The molecule has 0 amide bonds. The largest absolute Gasteiger partial charge is 0.398 e. The molecular formula is C16H16N4. The number of nitrogens with two attached hydrogens (primary N) is 1. The van der Waals surface area contributed by atoms with Crippen molar-refractivity contribution < 1.29 is 0 Å². The highest BCUT2D eigenvalue weighted by molar-refractivity contribution is 5.83. The lowest BCUT2D eigenvalue weighted by Gasteiger charge is -2.10. The number of nitrogen functional groups attached to an aromatic ring is 1. The zero-order chi connectivity index (χ0) is 13.7. The zero-order valence-electron chi connectivity index (χ0n) is 11.4. The predicted octanol–water partition coefficient (Wildman–Crippen LogP) is 3.32. The van der Waals surface area contributed by atoms with Crippen LogP contribution in [0, 0.1) is 6.92 Å². The number of benzene rings is 1. The minimum absolute atomic E-state index is 0.553. The van der Waals surface area contributed by atoms with Crippen molar-refractivity contribution in [1.82, 2.24) is 14.5 Å². The highest BCUT2D eigenvalue weighted by Crippen LogP contribution is 2.42. The van der Waals surface area contributed by atoms with Crippen molar-refractivity contribution in [2.75, 3.05) is 5.73 Å². The number of aromatic nitrogens is 3. The molecule has 0 atom stereocenters. The van der Waals surface area contributed by atoms with Crippen LogP contribution in [0.1, 0.15) is 24.4 Å². The fraction of sp³-hybridized carbons (Fsp3) is 0.250. The summed E-state index contributed by atoms with van der Waals surface area (Å²) in [5, 5.41) is 0. The van der Waals surface area contributed by atoms with Gasteiger partial charge in [-0.3, -0.25) is 4.98 Å². The predicted molar refractivity (Wildman–Crippen MR) is 80.4 cm³/mol. The highest BCUT2D eigenvalue weighted by Gasteiger charge is 2.29. The second kappa shape index (κ2) is 4.07. The third kappa shape index (κ3) is 1.68. The molecule has 1 fully saturated rings. The number of hydrogen-bond acceptors (Lipinski definition) is 3. The standard InChI is InChI=1S/C16H16N4/c1-10-2-5-13(17)12(8-10)16-19-14-9-18-7-6-15(14)20(16)11-3-4-11/h2,5-9,11H,3-4,17H2,1H3. The Balaban J connectivity index is 2.03. The molecule has 0 bridgehead atoms. The molecule has 4 nitrogen and oxygen atoms in total. The molecule has 1 aliphatic carbocycles. The van der Waals surface area contributed by atoms with Gasteiger partial charge in [0.05, 0.1) is 11.7 Å². The Hall–Kier alpha value is -2.36. The molecule has 0 aliphatic heterocycles. The first-order chi connectivity index (χ1) is 9.74. The Kier molecular flexibility index (Phi) is 2.33. The summed E-state index contributed by atoms with van der Waals surface area (Å²) in [5.41, 5.74) is 11.3.